The molecule has 0 saturated heterocycles. The van der Waals surface area contributed by atoms with E-state index in [9.17, 15) is 8.42 Å². The summed E-state index contributed by atoms with van der Waals surface area (Å²) in [6.45, 7) is 13.7. The average molecular weight is 576 g/mol. The fraction of sp³-hybridized carbons (Fsp3) is 0.500. The fourth-order valence-corrected chi connectivity index (χ4v) is 23.4. The van der Waals surface area contributed by atoms with Gasteiger partial charge >= 0.3 is 208 Å². The summed E-state index contributed by atoms with van der Waals surface area (Å²) < 4.78 is 34.4. The number of rotatable bonds is 15. The zero-order valence-corrected chi connectivity index (χ0v) is 24.8. The summed E-state index contributed by atoms with van der Waals surface area (Å²) in [4.78, 5) is 0.367. The first-order valence-electron chi connectivity index (χ1n) is 12.6. The Kier molecular flexibility index (Phi) is 11.5. The van der Waals surface area contributed by atoms with Gasteiger partial charge in [0.05, 0.1) is 0 Å². The Balaban J connectivity index is 2.59. The molecule has 33 heavy (non-hydrogen) atoms. The van der Waals surface area contributed by atoms with Crippen LogP contribution in [0.15, 0.2) is 69.8 Å². The molecule has 2 aromatic rings. The number of hydrogen-bond acceptors (Lipinski definition) is 2. The van der Waals surface area contributed by atoms with E-state index >= 15 is 0 Å². The maximum atomic E-state index is 14.1. The monoisotopic (exact) mass is 577 g/mol. The minimum absolute atomic E-state index is 0.360. The number of hydrogen-bond donors (Lipinski definition) is 0. The van der Waals surface area contributed by atoms with Crippen molar-refractivity contribution >= 4 is 28.4 Å². The van der Waals surface area contributed by atoms with Gasteiger partial charge in [-0.3, -0.25) is 0 Å². The van der Waals surface area contributed by atoms with Gasteiger partial charge in [0.1, 0.15) is 0 Å². The first-order valence-corrected chi connectivity index (χ1v) is 21.6. The predicted molar refractivity (Wildman–Crippen MR) is 144 cm³/mol. The van der Waals surface area contributed by atoms with Crippen LogP contribution in [0.2, 0.25) is 13.3 Å². The number of unbranched alkanes of at least 4 members (excludes halogenated alkanes) is 3. The molecule has 0 heterocycles. The molecule has 0 amide bonds. The third kappa shape index (κ3) is 7.61. The van der Waals surface area contributed by atoms with E-state index in [1.165, 1.54) is 32.6 Å². The van der Waals surface area contributed by atoms with Gasteiger partial charge in [0.2, 0.25) is 0 Å². The van der Waals surface area contributed by atoms with Gasteiger partial charge in [0.25, 0.3) is 0 Å². The third-order valence-electron chi connectivity index (χ3n) is 6.72. The molecule has 0 atom stereocenters. The van der Waals surface area contributed by atoms with E-state index in [0.29, 0.717) is 11.4 Å². The molecule has 0 spiro atoms. The van der Waals surface area contributed by atoms with E-state index in [1.807, 2.05) is 49.4 Å². The zero-order chi connectivity index (χ0) is 24.3. The van der Waals surface area contributed by atoms with Crippen LogP contribution in [0.1, 0.15) is 70.4 Å². The van der Waals surface area contributed by atoms with E-state index in [2.05, 4.69) is 27.4 Å². The third-order valence-corrected chi connectivity index (χ3v) is 24.5. The first kappa shape index (κ1) is 28.0. The van der Waals surface area contributed by atoms with Crippen molar-refractivity contribution in [2.24, 2.45) is 0 Å². The van der Waals surface area contributed by atoms with Crippen LogP contribution in [0.25, 0.3) is 0 Å². The van der Waals surface area contributed by atoms with Gasteiger partial charge in [-0.25, -0.2) is 0 Å². The van der Waals surface area contributed by atoms with Crippen molar-refractivity contribution in [2.75, 3.05) is 0 Å². The van der Waals surface area contributed by atoms with E-state index < -0.39 is 28.4 Å². The van der Waals surface area contributed by atoms with Crippen LogP contribution < -0.4 is 0 Å². The zero-order valence-electron chi connectivity index (χ0n) is 21.1. The predicted octanol–water partition coefficient (Wildman–Crippen LogP) is 8.09. The van der Waals surface area contributed by atoms with Gasteiger partial charge in [-0.2, -0.15) is 0 Å². The summed E-state index contributed by atoms with van der Waals surface area (Å²) in [5.74, 6) is 0. The van der Waals surface area contributed by atoms with Gasteiger partial charge in [-0.15, -0.1) is 0 Å². The van der Waals surface area contributed by atoms with Crippen LogP contribution in [0.3, 0.4) is 0 Å². The van der Waals surface area contributed by atoms with Gasteiger partial charge in [-0.05, 0) is 0 Å². The Labute approximate surface area is 207 Å². The molecule has 0 fully saturated rings. The molecule has 0 radical (unpaired) electrons. The molecular weight excluding hydrogens is 533 g/mol. The SMILES string of the molecule is C=[C](N(Cc1ccccc1)S(=O)(=O)c1ccc(C)cc1)[Sn]([CH2]CCC)([CH2]CCC)[CH2]CCC. The molecule has 0 aliphatic heterocycles. The minimum atomic E-state index is -3.69. The van der Waals surface area contributed by atoms with Crippen molar-refractivity contribution < 1.29 is 8.42 Å². The molecule has 5 heteroatoms. The van der Waals surface area contributed by atoms with Crippen molar-refractivity contribution in [2.45, 2.75) is 91.0 Å². The maximum absolute atomic E-state index is 14.1. The molecule has 182 valence electrons. The van der Waals surface area contributed by atoms with Crippen LogP contribution in [0.5, 0.6) is 0 Å². The summed E-state index contributed by atoms with van der Waals surface area (Å²) in [6, 6.07) is 17.3. The van der Waals surface area contributed by atoms with Crippen LogP contribution >= 0.6 is 0 Å². The van der Waals surface area contributed by atoms with Crippen molar-refractivity contribution in [3.05, 3.63) is 76.0 Å². The quantitative estimate of drug-likeness (QED) is 0.201. The molecule has 0 saturated carbocycles. The van der Waals surface area contributed by atoms with Crippen LogP contribution in [0.4, 0.5) is 0 Å². The van der Waals surface area contributed by atoms with Crippen LogP contribution in [-0.2, 0) is 16.6 Å². The van der Waals surface area contributed by atoms with E-state index in [-0.39, 0.29) is 0 Å². The summed E-state index contributed by atoms with van der Waals surface area (Å²) in [7, 11) is -3.69. The molecule has 2 rings (SSSR count). The van der Waals surface area contributed by atoms with Crippen LogP contribution in [-0.4, -0.2) is 31.1 Å². The molecule has 0 bridgehead atoms. The number of benzene rings is 2. The Morgan fingerprint density at radius 1 is 0.818 bits per heavy atom. The standard InChI is InChI=1S/C16H16NO2S.3C4H9.Sn/c1-3-17(13-15-7-5-4-6-8-15)20(18,19)16-11-9-14(2)10-12-16;3*1-3-4-2;/h4-12H,1,13H2,2H3;3*1,3-4H2,2H3;. The van der Waals surface area contributed by atoms with Crippen molar-refractivity contribution in [3.63, 3.8) is 0 Å². The molecule has 0 unspecified atom stereocenters. The Hall–Kier alpha value is -1.27. The first-order chi connectivity index (χ1) is 15.8. The van der Waals surface area contributed by atoms with Crippen molar-refractivity contribution in [1.29, 1.82) is 0 Å². The normalized spacial score (nSPS) is 12.0. The summed E-state index contributed by atoms with van der Waals surface area (Å²) in [5, 5.41) is 0. The number of nitrogens with zero attached hydrogens (tertiary/aromatic N) is 1. The Morgan fingerprint density at radius 2 is 1.30 bits per heavy atom. The second-order valence-electron chi connectivity index (χ2n) is 9.35. The van der Waals surface area contributed by atoms with Crippen molar-refractivity contribution in [1.82, 2.24) is 4.31 Å². The van der Waals surface area contributed by atoms with Gasteiger partial charge in [0, 0.05) is 0 Å². The van der Waals surface area contributed by atoms with E-state index in [0.717, 1.165) is 34.1 Å². The van der Waals surface area contributed by atoms with Gasteiger partial charge in [-0.1, -0.05) is 0 Å². The van der Waals surface area contributed by atoms with E-state index in [1.54, 1.807) is 16.4 Å². The summed E-state index contributed by atoms with van der Waals surface area (Å²) >= 11 is -3.04. The summed E-state index contributed by atoms with van der Waals surface area (Å²) in [6.07, 6.45) is 6.96. The molecule has 3 nitrogen and oxygen atoms in total. The topological polar surface area (TPSA) is 37.4 Å². The second-order valence-corrected chi connectivity index (χ2v) is 24.4. The Bertz CT molecular complexity index is 933. The van der Waals surface area contributed by atoms with E-state index in [4.69, 9.17) is 0 Å². The molecular formula is C28H43NO2SSn. The molecule has 0 aromatic heterocycles. The summed E-state index contributed by atoms with van der Waals surface area (Å²) in [5.41, 5.74) is 2.07. The van der Waals surface area contributed by atoms with Crippen LogP contribution in [0, 0.1) is 6.92 Å². The molecule has 2 aromatic carbocycles. The Morgan fingerprint density at radius 3 is 1.76 bits per heavy atom. The number of aryl methyl sites for hydroxylation is 1. The average Bonchev–Trinajstić information content (AvgIpc) is 2.83. The van der Waals surface area contributed by atoms with Crippen molar-refractivity contribution in [3.8, 4) is 0 Å². The fourth-order valence-electron chi connectivity index (χ4n) is 4.53. The van der Waals surface area contributed by atoms with Gasteiger partial charge in [0.15, 0.2) is 0 Å². The second kappa shape index (κ2) is 13.6. The molecule has 0 N–H and O–H groups in total. The van der Waals surface area contributed by atoms with Gasteiger partial charge < -0.3 is 0 Å². The number of sulfonamides is 1. The molecule has 0 aliphatic rings. The molecule has 0 aliphatic carbocycles.